The summed E-state index contributed by atoms with van der Waals surface area (Å²) in [6.07, 6.45) is 6.23. The summed E-state index contributed by atoms with van der Waals surface area (Å²) in [5, 5.41) is 4.21. The highest BCUT2D eigenvalue weighted by molar-refractivity contribution is 7.99. The monoisotopic (exact) mass is 289 g/mol. The Labute approximate surface area is 123 Å². The van der Waals surface area contributed by atoms with E-state index in [1.165, 1.54) is 5.56 Å². The van der Waals surface area contributed by atoms with Gasteiger partial charge in [0.2, 0.25) is 5.89 Å². The Bertz CT molecular complexity index is 564. The fraction of sp³-hybridized carbons (Fsp3) is 0.467. The van der Waals surface area contributed by atoms with Crippen LogP contribution in [0, 0.1) is 0 Å². The summed E-state index contributed by atoms with van der Waals surface area (Å²) in [5.41, 5.74) is 7.17. The average Bonchev–Trinajstić information content (AvgIpc) is 3.11. The summed E-state index contributed by atoms with van der Waals surface area (Å²) < 4.78 is 5.49. The molecule has 1 aromatic heterocycles. The van der Waals surface area contributed by atoms with Gasteiger partial charge in [0.1, 0.15) is 5.25 Å². The predicted octanol–water partition coefficient (Wildman–Crippen LogP) is 3.25. The highest BCUT2D eigenvalue weighted by Gasteiger charge is 2.36. The van der Waals surface area contributed by atoms with Crippen molar-refractivity contribution in [2.45, 2.75) is 36.5 Å². The van der Waals surface area contributed by atoms with Crippen molar-refractivity contribution in [1.29, 1.82) is 0 Å². The van der Waals surface area contributed by atoms with Gasteiger partial charge in [0.05, 0.1) is 5.54 Å². The van der Waals surface area contributed by atoms with E-state index in [9.17, 15) is 0 Å². The van der Waals surface area contributed by atoms with Crippen LogP contribution in [0.5, 0.6) is 0 Å². The maximum Gasteiger partial charge on any atom is 0.244 e. The molecule has 1 aliphatic carbocycles. The molecule has 1 aromatic carbocycles. The standard InChI is InChI=1S/C15H19N3OS/c1-20-12(11-7-3-2-4-8-11)13-17-14(18-19-13)15(16)9-5-6-10-15/h2-4,7-8,12H,5-6,9-10,16H2,1H3. The molecule has 4 nitrogen and oxygen atoms in total. The molecule has 1 aliphatic rings. The molecule has 0 spiro atoms. The number of nitrogens with zero attached hydrogens (tertiary/aromatic N) is 2. The van der Waals surface area contributed by atoms with Gasteiger partial charge in [-0.15, -0.1) is 11.8 Å². The maximum absolute atomic E-state index is 6.38. The Kier molecular flexibility index (Phi) is 3.81. The number of rotatable bonds is 4. The Morgan fingerprint density at radius 3 is 2.60 bits per heavy atom. The fourth-order valence-electron chi connectivity index (χ4n) is 2.78. The minimum absolute atomic E-state index is 0.0717. The molecule has 3 rings (SSSR count). The lowest BCUT2D eigenvalue weighted by molar-refractivity contribution is 0.351. The number of hydrogen-bond donors (Lipinski definition) is 1. The van der Waals surface area contributed by atoms with Crippen molar-refractivity contribution in [3.8, 4) is 0 Å². The van der Waals surface area contributed by atoms with Crippen LogP contribution in [-0.2, 0) is 5.54 Å². The minimum atomic E-state index is -0.388. The molecule has 0 radical (unpaired) electrons. The van der Waals surface area contributed by atoms with Gasteiger partial charge in [-0.05, 0) is 24.7 Å². The zero-order valence-corrected chi connectivity index (χ0v) is 12.4. The van der Waals surface area contributed by atoms with Crippen LogP contribution in [0.15, 0.2) is 34.9 Å². The number of hydrogen-bond acceptors (Lipinski definition) is 5. The first-order valence-corrected chi connectivity index (χ1v) is 8.22. The Hall–Kier alpha value is -1.33. The van der Waals surface area contributed by atoms with E-state index < -0.39 is 0 Å². The summed E-state index contributed by atoms with van der Waals surface area (Å²) in [6.45, 7) is 0. The lowest BCUT2D eigenvalue weighted by Gasteiger charge is -2.18. The molecule has 1 heterocycles. The summed E-state index contributed by atoms with van der Waals surface area (Å²) in [6, 6.07) is 10.2. The molecule has 1 atom stereocenters. The van der Waals surface area contributed by atoms with Gasteiger partial charge in [0.15, 0.2) is 5.82 Å². The molecule has 20 heavy (non-hydrogen) atoms. The van der Waals surface area contributed by atoms with Crippen LogP contribution in [-0.4, -0.2) is 16.4 Å². The molecular weight excluding hydrogens is 270 g/mol. The molecule has 2 N–H and O–H groups in total. The van der Waals surface area contributed by atoms with E-state index in [2.05, 4.69) is 28.5 Å². The van der Waals surface area contributed by atoms with E-state index >= 15 is 0 Å². The second-order valence-corrected chi connectivity index (χ2v) is 6.29. The number of aromatic nitrogens is 2. The smallest absolute Gasteiger partial charge is 0.244 e. The third-order valence-corrected chi connectivity index (χ3v) is 4.89. The molecule has 1 fully saturated rings. The fourth-order valence-corrected chi connectivity index (χ4v) is 3.51. The van der Waals surface area contributed by atoms with Gasteiger partial charge in [0.25, 0.3) is 0 Å². The van der Waals surface area contributed by atoms with Crippen LogP contribution in [0.3, 0.4) is 0 Å². The second kappa shape index (κ2) is 5.58. The van der Waals surface area contributed by atoms with E-state index in [1.807, 2.05) is 18.2 Å². The molecule has 0 saturated heterocycles. The summed E-state index contributed by atoms with van der Waals surface area (Å²) in [4.78, 5) is 4.59. The van der Waals surface area contributed by atoms with Gasteiger partial charge in [-0.1, -0.05) is 48.3 Å². The van der Waals surface area contributed by atoms with Gasteiger partial charge in [-0.2, -0.15) is 4.98 Å². The van der Waals surface area contributed by atoms with Crippen molar-refractivity contribution >= 4 is 11.8 Å². The van der Waals surface area contributed by atoms with Gasteiger partial charge in [0, 0.05) is 0 Å². The largest absolute Gasteiger partial charge is 0.338 e. The normalized spacial score (nSPS) is 19.1. The van der Waals surface area contributed by atoms with Crippen LogP contribution in [0.1, 0.15) is 48.2 Å². The molecule has 1 unspecified atom stereocenters. The topological polar surface area (TPSA) is 64.9 Å². The second-order valence-electron chi connectivity index (χ2n) is 5.35. The molecule has 0 bridgehead atoms. The molecule has 0 amide bonds. The first kappa shape index (κ1) is 13.6. The molecule has 2 aromatic rings. The zero-order valence-electron chi connectivity index (χ0n) is 11.6. The van der Waals surface area contributed by atoms with Gasteiger partial charge < -0.3 is 10.3 Å². The van der Waals surface area contributed by atoms with Crippen LogP contribution >= 0.6 is 11.8 Å². The van der Waals surface area contributed by atoms with Crippen molar-refractivity contribution in [3.05, 3.63) is 47.6 Å². The quantitative estimate of drug-likeness (QED) is 0.936. The van der Waals surface area contributed by atoms with Crippen LogP contribution < -0.4 is 5.73 Å². The highest BCUT2D eigenvalue weighted by atomic mass is 32.2. The van der Waals surface area contributed by atoms with Crippen molar-refractivity contribution < 1.29 is 4.52 Å². The van der Waals surface area contributed by atoms with Crippen molar-refractivity contribution in [2.24, 2.45) is 5.73 Å². The first-order valence-electron chi connectivity index (χ1n) is 6.94. The van der Waals surface area contributed by atoms with E-state index in [0.717, 1.165) is 25.7 Å². The highest BCUT2D eigenvalue weighted by Crippen LogP contribution is 2.37. The zero-order chi connectivity index (χ0) is 14.0. The Morgan fingerprint density at radius 2 is 1.95 bits per heavy atom. The van der Waals surface area contributed by atoms with Gasteiger partial charge in [-0.3, -0.25) is 0 Å². The van der Waals surface area contributed by atoms with Gasteiger partial charge >= 0.3 is 0 Å². The average molecular weight is 289 g/mol. The van der Waals surface area contributed by atoms with Crippen LogP contribution in [0.2, 0.25) is 0 Å². The van der Waals surface area contributed by atoms with E-state index in [-0.39, 0.29) is 10.8 Å². The molecular formula is C15H19N3OS. The van der Waals surface area contributed by atoms with E-state index in [1.54, 1.807) is 11.8 Å². The van der Waals surface area contributed by atoms with E-state index in [0.29, 0.717) is 11.7 Å². The van der Waals surface area contributed by atoms with Crippen LogP contribution in [0.25, 0.3) is 0 Å². The molecule has 1 saturated carbocycles. The maximum atomic E-state index is 6.38. The number of nitrogens with two attached hydrogens (primary N) is 1. The van der Waals surface area contributed by atoms with Crippen molar-refractivity contribution in [3.63, 3.8) is 0 Å². The third-order valence-electron chi connectivity index (χ3n) is 3.95. The van der Waals surface area contributed by atoms with Crippen molar-refractivity contribution in [2.75, 3.05) is 6.26 Å². The van der Waals surface area contributed by atoms with Crippen molar-refractivity contribution in [1.82, 2.24) is 10.1 Å². The lowest BCUT2D eigenvalue weighted by atomic mass is 9.99. The number of thioether (sulfide) groups is 1. The lowest BCUT2D eigenvalue weighted by Crippen LogP contribution is -2.34. The molecule has 106 valence electrons. The Balaban J connectivity index is 1.89. The summed E-state index contributed by atoms with van der Waals surface area (Å²) in [5.74, 6) is 1.32. The third kappa shape index (κ3) is 2.47. The SMILES string of the molecule is CSC(c1ccccc1)c1nc(C2(N)CCCC2)no1. The summed E-state index contributed by atoms with van der Waals surface area (Å²) in [7, 11) is 0. The van der Waals surface area contributed by atoms with Gasteiger partial charge in [-0.25, -0.2) is 0 Å². The first-order chi connectivity index (χ1) is 9.73. The van der Waals surface area contributed by atoms with Crippen LogP contribution in [0.4, 0.5) is 0 Å². The molecule has 0 aliphatic heterocycles. The molecule has 5 heteroatoms. The predicted molar refractivity (Wildman–Crippen MR) is 80.4 cm³/mol. The minimum Gasteiger partial charge on any atom is -0.338 e. The van der Waals surface area contributed by atoms with E-state index in [4.69, 9.17) is 10.3 Å². The Morgan fingerprint density at radius 1 is 1.25 bits per heavy atom. The summed E-state index contributed by atoms with van der Waals surface area (Å²) >= 11 is 1.69. The number of benzene rings is 1.